The van der Waals surface area contributed by atoms with Crippen LogP contribution in [0.5, 0.6) is 0 Å². The smallest absolute Gasteiger partial charge is 0.326 e. The highest BCUT2D eigenvalue weighted by molar-refractivity contribution is 5.83. The summed E-state index contributed by atoms with van der Waals surface area (Å²) < 4.78 is 0. The van der Waals surface area contributed by atoms with Gasteiger partial charge in [0.25, 0.3) is 0 Å². The first-order valence-corrected chi connectivity index (χ1v) is 6.69. The number of aliphatic hydroxyl groups excluding tert-OH is 1. The van der Waals surface area contributed by atoms with Gasteiger partial charge in [-0.2, -0.15) is 0 Å². The zero-order valence-corrected chi connectivity index (χ0v) is 11.8. The van der Waals surface area contributed by atoms with E-state index in [1.165, 1.54) is 0 Å². The van der Waals surface area contributed by atoms with Crippen molar-refractivity contribution in [3.63, 3.8) is 0 Å². The second-order valence-corrected chi connectivity index (χ2v) is 6.21. The number of rotatable bonds is 3. The second kappa shape index (κ2) is 6.23. The van der Waals surface area contributed by atoms with Crippen molar-refractivity contribution in [2.24, 2.45) is 5.41 Å². The van der Waals surface area contributed by atoms with Gasteiger partial charge in [0.05, 0.1) is 12.1 Å². The molecule has 6 nitrogen and oxygen atoms in total. The summed E-state index contributed by atoms with van der Waals surface area (Å²) in [7, 11) is 0. The quantitative estimate of drug-likeness (QED) is 0.618. The Bertz CT molecular complexity index is 338. The van der Waals surface area contributed by atoms with E-state index in [4.69, 9.17) is 5.11 Å². The number of aliphatic hydroxyl groups is 1. The first-order chi connectivity index (χ1) is 8.71. The van der Waals surface area contributed by atoms with Gasteiger partial charge in [-0.3, -0.25) is 0 Å². The molecule has 2 amide bonds. The molecule has 0 bridgehead atoms. The third-order valence-corrected chi connectivity index (χ3v) is 3.43. The summed E-state index contributed by atoms with van der Waals surface area (Å²) >= 11 is 0. The molecule has 1 aliphatic rings. The highest BCUT2D eigenvalue weighted by Crippen LogP contribution is 2.20. The molecule has 19 heavy (non-hydrogen) atoms. The molecular formula is C13H24N2O4. The number of nitrogens with one attached hydrogen (secondary N) is 2. The van der Waals surface area contributed by atoms with Crippen LogP contribution in [0.15, 0.2) is 0 Å². The van der Waals surface area contributed by atoms with Gasteiger partial charge >= 0.3 is 12.0 Å². The number of amides is 2. The number of carbonyl (C=O) groups is 2. The normalized spacial score (nSPS) is 25.5. The van der Waals surface area contributed by atoms with Crippen molar-refractivity contribution in [2.45, 2.75) is 64.6 Å². The standard InChI is InChI=1S/C13H24N2O4/c1-13(2,3)10(11(17)18)15-12(19)14-8-6-4-5-7-9(8)16/h8-10,16H,4-7H2,1-3H3,(H,17,18)(H2,14,15,19)/t8?,9?,10-/m1/s1. The Labute approximate surface area is 113 Å². The molecule has 4 N–H and O–H groups in total. The van der Waals surface area contributed by atoms with E-state index in [2.05, 4.69) is 10.6 Å². The Morgan fingerprint density at radius 3 is 2.26 bits per heavy atom. The van der Waals surface area contributed by atoms with Gasteiger partial charge < -0.3 is 20.8 Å². The minimum Gasteiger partial charge on any atom is -0.480 e. The summed E-state index contributed by atoms with van der Waals surface area (Å²) in [5, 5.41) is 24.0. The van der Waals surface area contributed by atoms with Crippen molar-refractivity contribution in [3.05, 3.63) is 0 Å². The summed E-state index contributed by atoms with van der Waals surface area (Å²) in [5.41, 5.74) is -0.575. The Balaban J connectivity index is 2.55. The van der Waals surface area contributed by atoms with Gasteiger partial charge in [-0.1, -0.05) is 33.6 Å². The van der Waals surface area contributed by atoms with E-state index in [-0.39, 0.29) is 6.04 Å². The fraction of sp³-hybridized carbons (Fsp3) is 0.846. The van der Waals surface area contributed by atoms with Crippen molar-refractivity contribution in [2.75, 3.05) is 0 Å². The maximum atomic E-state index is 11.8. The molecule has 0 aliphatic heterocycles. The summed E-state index contributed by atoms with van der Waals surface area (Å²) in [4.78, 5) is 23.0. The fourth-order valence-electron chi connectivity index (χ4n) is 2.27. The lowest BCUT2D eigenvalue weighted by atomic mass is 9.87. The van der Waals surface area contributed by atoms with E-state index in [0.29, 0.717) is 6.42 Å². The molecule has 0 spiro atoms. The average Bonchev–Trinajstić information content (AvgIpc) is 2.27. The first-order valence-electron chi connectivity index (χ1n) is 6.69. The molecule has 1 fully saturated rings. The van der Waals surface area contributed by atoms with Gasteiger partial charge in [-0.25, -0.2) is 9.59 Å². The molecule has 0 heterocycles. The van der Waals surface area contributed by atoms with Crippen LogP contribution in [0.4, 0.5) is 4.79 Å². The van der Waals surface area contributed by atoms with E-state index in [0.717, 1.165) is 19.3 Å². The van der Waals surface area contributed by atoms with Crippen LogP contribution in [-0.4, -0.2) is 40.4 Å². The molecule has 1 saturated carbocycles. The molecule has 3 atom stereocenters. The van der Waals surface area contributed by atoms with Crippen molar-refractivity contribution in [3.8, 4) is 0 Å². The van der Waals surface area contributed by atoms with Gasteiger partial charge in [-0.05, 0) is 18.3 Å². The minimum absolute atomic E-state index is 0.289. The van der Waals surface area contributed by atoms with Gasteiger partial charge in [0.15, 0.2) is 0 Å². The number of aliphatic carboxylic acids is 1. The average molecular weight is 272 g/mol. The number of hydrogen-bond acceptors (Lipinski definition) is 3. The number of urea groups is 1. The number of carboxylic acids is 1. The minimum atomic E-state index is -1.06. The van der Waals surface area contributed by atoms with Crippen LogP contribution in [0, 0.1) is 5.41 Å². The maximum Gasteiger partial charge on any atom is 0.326 e. The molecule has 0 radical (unpaired) electrons. The van der Waals surface area contributed by atoms with E-state index in [1.54, 1.807) is 20.8 Å². The van der Waals surface area contributed by atoms with Crippen molar-refractivity contribution in [1.29, 1.82) is 0 Å². The van der Waals surface area contributed by atoms with E-state index in [9.17, 15) is 14.7 Å². The third-order valence-electron chi connectivity index (χ3n) is 3.43. The lowest BCUT2D eigenvalue weighted by molar-refractivity contribution is -0.141. The van der Waals surface area contributed by atoms with Gasteiger partial charge in [0.2, 0.25) is 0 Å². The van der Waals surface area contributed by atoms with Crippen LogP contribution in [0.3, 0.4) is 0 Å². The number of hydrogen-bond donors (Lipinski definition) is 4. The predicted octanol–water partition coefficient (Wildman–Crippen LogP) is 1.09. The van der Waals surface area contributed by atoms with E-state index >= 15 is 0 Å². The van der Waals surface area contributed by atoms with Gasteiger partial charge in [0.1, 0.15) is 6.04 Å². The fourth-order valence-corrected chi connectivity index (χ4v) is 2.27. The molecule has 1 rings (SSSR count). The number of carbonyl (C=O) groups excluding carboxylic acids is 1. The molecule has 110 valence electrons. The van der Waals surface area contributed by atoms with Crippen molar-refractivity contribution in [1.82, 2.24) is 10.6 Å². The molecule has 0 saturated heterocycles. The molecule has 0 aromatic rings. The Morgan fingerprint density at radius 1 is 1.21 bits per heavy atom. The SMILES string of the molecule is CC(C)(C)[C@H](NC(=O)NC1CCCCC1O)C(=O)O. The highest BCUT2D eigenvalue weighted by atomic mass is 16.4. The largest absolute Gasteiger partial charge is 0.480 e. The lowest BCUT2D eigenvalue weighted by Gasteiger charge is -2.31. The lowest BCUT2D eigenvalue weighted by Crippen LogP contribution is -2.56. The highest BCUT2D eigenvalue weighted by Gasteiger charge is 2.33. The summed E-state index contributed by atoms with van der Waals surface area (Å²) in [6.07, 6.45) is 2.77. The van der Waals surface area contributed by atoms with Crippen LogP contribution in [-0.2, 0) is 4.79 Å². The van der Waals surface area contributed by atoms with Crippen LogP contribution in [0.25, 0.3) is 0 Å². The Hall–Kier alpha value is -1.30. The van der Waals surface area contributed by atoms with Gasteiger partial charge in [-0.15, -0.1) is 0 Å². The zero-order valence-electron chi connectivity index (χ0n) is 11.8. The second-order valence-electron chi connectivity index (χ2n) is 6.21. The first kappa shape index (κ1) is 15.8. The maximum absolute atomic E-state index is 11.8. The summed E-state index contributed by atoms with van der Waals surface area (Å²) in [6, 6.07) is -1.79. The van der Waals surface area contributed by atoms with E-state index < -0.39 is 29.6 Å². The molecule has 6 heteroatoms. The molecule has 0 aromatic heterocycles. The van der Waals surface area contributed by atoms with Crippen LogP contribution < -0.4 is 10.6 Å². The summed E-state index contributed by atoms with van der Waals surface area (Å²) in [6.45, 7) is 5.25. The Morgan fingerprint density at radius 2 is 1.79 bits per heavy atom. The third kappa shape index (κ3) is 4.70. The number of carboxylic acid groups (broad SMARTS) is 1. The van der Waals surface area contributed by atoms with Crippen LogP contribution in [0.2, 0.25) is 0 Å². The predicted molar refractivity (Wildman–Crippen MR) is 70.8 cm³/mol. The monoisotopic (exact) mass is 272 g/mol. The van der Waals surface area contributed by atoms with E-state index in [1.807, 2.05) is 0 Å². The van der Waals surface area contributed by atoms with Crippen molar-refractivity contribution >= 4 is 12.0 Å². The molecule has 1 aliphatic carbocycles. The Kier molecular flexibility index (Phi) is 5.17. The molecule has 2 unspecified atom stereocenters. The van der Waals surface area contributed by atoms with Crippen molar-refractivity contribution < 1.29 is 19.8 Å². The topological polar surface area (TPSA) is 98.7 Å². The molecule has 0 aromatic carbocycles. The molecular weight excluding hydrogens is 248 g/mol. The van der Waals surface area contributed by atoms with Crippen LogP contribution >= 0.6 is 0 Å². The van der Waals surface area contributed by atoms with Gasteiger partial charge in [0, 0.05) is 0 Å². The summed E-state index contributed by atoms with van der Waals surface area (Å²) in [5.74, 6) is -1.06. The zero-order chi connectivity index (χ0) is 14.6. The van der Waals surface area contributed by atoms with Crippen LogP contribution in [0.1, 0.15) is 46.5 Å².